The first-order valence-corrected chi connectivity index (χ1v) is 6.77. The van der Waals surface area contributed by atoms with Crippen LogP contribution in [0.2, 0.25) is 0 Å². The number of fused-ring (bicyclic) bond motifs is 1. The minimum absolute atomic E-state index is 0.598. The van der Waals surface area contributed by atoms with Crippen LogP contribution in [0.3, 0.4) is 0 Å². The van der Waals surface area contributed by atoms with Gasteiger partial charge in [0.1, 0.15) is 5.52 Å². The Morgan fingerprint density at radius 2 is 2.18 bits per heavy atom. The van der Waals surface area contributed by atoms with E-state index in [0.717, 1.165) is 15.6 Å². The molecule has 0 aliphatic rings. The SMILES string of the molecule is Cc1cscc1-c1nc2cc(Br)cc(N)c2o1. The highest BCUT2D eigenvalue weighted by Gasteiger charge is 2.13. The van der Waals surface area contributed by atoms with Crippen molar-refractivity contribution in [3.05, 3.63) is 32.9 Å². The summed E-state index contributed by atoms with van der Waals surface area (Å²) in [5, 5.41) is 4.11. The molecule has 0 spiro atoms. The molecule has 0 aliphatic carbocycles. The summed E-state index contributed by atoms with van der Waals surface area (Å²) in [4.78, 5) is 4.47. The summed E-state index contributed by atoms with van der Waals surface area (Å²) in [6.07, 6.45) is 0. The van der Waals surface area contributed by atoms with Gasteiger partial charge in [0.25, 0.3) is 0 Å². The molecule has 0 atom stereocenters. The third-order valence-corrected chi connectivity index (χ3v) is 3.89. The molecule has 0 amide bonds. The van der Waals surface area contributed by atoms with Crippen LogP contribution in [-0.2, 0) is 0 Å². The van der Waals surface area contributed by atoms with Crippen LogP contribution in [0.4, 0.5) is 5.69 Å². The largest absolute Gasteiger partial charge is 0.434 e. The van der Waals surface area contributed by atoms with Crippen LogP contribution in [-0.4, -0.2) is 4.98 Å². The quantitative estimate of drug-likeness (QED) is 0.685. The van der Waals surface area contributed by atoms with Crippen molar-refractivity contribution < 1.29 is 4.42 Å². The first-order valence-electron chi connectivity index (χ1n) is 5.04. The minimum Gasteiger partial charge on any atom is -0.434 e. The molecular weight excluding hydrogens is 300 g/mol. The fourth-order valence-corrected chi connectivity index (χ4v) is 3.00. The number of benzene rings is 1. The van der Waals surface area contributed by atoms with Crippen molar-refractivity contribution in [3.8, 4) is 11.5 Å². The lowest BCUT2D eigenvalue weighted by molar-refractivity contribution is 0.621. The van der Waals surface area contributed by atoms with Crippen LogP contribution in [0.1, 0.15) is 5.56 Å². The molecule has 0 radical (unpaired) electrons. The van der Waals surface area contributed by atoms with Crippen molar-refractivity contribution >= 4 is 44.1 Å². The molecular formula is C12H9BrN2OS. The molecule has 2 heterocycles. The lowest BCUT2D eigenvalue weighted by Crippen LogP contribution is -1.84. The van der Waals surface area contributed by atoms with Crippen molar-refractivity contribution in [2.45, 2.75) is 6.92 Å². The summed E-state index contributed by atoms with van der Waals surface area (Å²) >= 11 is 5.03. The number of nitrogen functional groups attached to an aromatic ring is 1. The fraction of sp³-hybridized carbons (Fsp3) is 0.0833. The van der Waals surface area contributed by atoms with Gasteiger partial charge >= 0.3 is 0 Å². The highest BCUT2D eigenvalue weighted by Crippen LogP contribution is 2.33. The lowest BCUT2D eigenvalue weighted by atomic mass is 10.2. The van der Waals surface area contributed by atoms with Crippen LogP contribution in [0.25, 0.3) is 22.6 Å². The topological polar surface area (TPSA) is 52.0 Å². The van der Waals surface area contributed by atoms with E-state index in [9.17, 15) is 0 Å². The standard InChI is InChI=1S/C12H9BrN2OS/c1-6-4-17-5-8(6)12-15-10-3-7(13)2-9(14)11(10)16-12/h2-5H,14H2,1H3. The molecule has 0 aliphatic heterocycles. The van der Waals surface area contributed by atoms with E-state index in [-0.39, 0.29) is 0 Å². The molecule has 5 heteroatoms. The highest BCUT2D eigenvalue weighted by atomic mass is 79.9. The first kappa shape index (κ1) is 10.8. The zero-order chi connectivity index (χ0) is 12.0. The Morgan fingerprint density at radius 3 is 2.88 bits per heavy atom. The summed E-state index contributed by atoms with van der Waals surface area (Å²) < 4.78 is 6.64. The number of rotatable bonds is 1. The molecule has 0 saturated heterocycles. The Labute approximate surface area is 110 Å². The van der Waals surface area contributed by atoms with Crippen molar-refractivity contribution in [2.75, 3.05) is 5.73 Å². The lowest BCUT2D eigenvalue weighted by Gasteiger charge is -1.94. The van der Waals surface area contributed by atoms with Crippen molar-refractivity contribution in [3.63, 3.8) is 0 Å². The van der Waals surface area contributed by atoms with Crippen molar-refractivity contribution in [1.82, 2.24) is 4.98 Å². The second kappa shape index (κ2) is 3.85. The zero-order valence-corrected chi connectivity index (χ0v) is 11.4. The Balaban J connectivity index is 2.27. The van der Waals surface area contributed by atoms with E-state index in [1.165, 1.54) is 5.56 Å². The molecule has 3 nitrogen and oxygen atoms in total. The van der Waals surface area contributed by atoms with Gasteiger partial charge in [-0.05, 0) is 30.0 Å². The number of nitrogens with two attached hydrogens (primary N) is 1. The van der Waals surface area contributed by atoms with Crippen LogP contribution in [0, 0.1) is 6.92 Å². The van der Waals surface area contributed by atoms with Crippen LogP contribution >= 0.6 is 27.3 Å². The number of aryl methyl sites for hydroxylation is 1. The predicted octanol–water partition coefficient (Wildman–Crippen LogP) is 4.21. The molecule has 17 heavy (non-hydrogen) atoms. The minimum atomic E-state index is 0.598. The van der Waals surface area contributed by atoms with Gasteiger partial charge in [0.2, 0.25) is 5.89 Å². The van der Waals surface area contributed by atoms with Gasteiger partial charge in [0, 0.05) is 9.85 Å². The van der Waals surface area contributed by atoms with Gasteiger partial charge in [-0.2, -0.15) is 11.3 Å². The number of hydrogen-bond acceptors (Lipinski definition) is 4. The molecule has 86 valence electrons. The summed E-state index contributed by atoms with van der Waals surface area (Å²) in [5.41, 5.74) is 10.1. The fourth-order valence-electron chi connectivity index (χ4n) is 1.72. The Hall–Kier alpha value is -1.33. The van der Waals surface area contributed by atoms with E-state index >= 15 is 0 Å². The maximum Gasteiger partial charge on any atom is 0.228 e. The summed E-state index contributed by atoms with van der Waals surface area (Å²) in [7, 11) is 0. The number of oxazole rings is 1. The Morgan fingerprint density at radius 1 is 1.35 bits per heavy atom. The van der Waals surface area contributed by atoms with E-state index < -0.39 is 0 Å². The van der Waals surface area contributed by atoms with Gasteiger partial charge in [0.05, 0.1) is 11.3 Å². The zero-order valence-electron chi connectivity index (χ0n) is 9.03. The van der Waals surface area contributed by atoms with Gasteiger partial charge in [-0.1, -0.05) is 15.9 Å². The maximum atomic E-state index is 5.90. The molecule has 0 bridgehead atoms. The molecule has 2 aromatic heterocycles. The third-order valence-electron chi connectivity index (χ3n) is 2.57. The average molecular weight is 309 g/mol. The normalized spacial score (nSPS) is 11.2. The molecule has 1 aromatic carbocycles. The molecule has 0 unspecified atom stereocenters. The molecule has 0 fully saturated rings. The van der Waals surface area contributed by atoms with Crippen LogP contribution in [0.15, 0.2) is 31.8 Å². The summed E-state index contributed by atoms with van der Waals surface area (Å²) in [6.45, 7) is 2.04. The summed E-state index contributed by atoms with van der Waals surface area (Å²) in [5.74, 6) is 0.628. The predicted molar refractivity (Wildman–Crippen MR) is 74.2 cm³/mol. The van der Waals surface area contributed by atoms with Crippen molar-refractivity contribution in [1.29, 1.82) is 0 Å². The van der Waals surface area contributed by atoms with E-state index in [4.69, 9.17) is 10.2 Å². The van der Waals surface area contributed by atoms with Gasteiger partial charge < -0.3 is 10.2 Å². The summed E-state index contributed by atoms with van der Waals surface area (Å²) in [6, 6.07) is 3.72. The molecule has 0 saturated carbocycles. The van der Waals surface area contributed by atoms with Gasteiger partial charge in [-0.3, -0.25) is 0 Å². The average Bonchev–Trinajstić information content (AvgIpc) is 2.83. The number of hydrogen-bond donors (Lipinski definition) is 1. The smallest absolute Gasteiger partial charge is 0.228 e. The Kier molecular flexibility index (Phi) is 2.45. The van der Waals surface area contributed by atoms with Gasteiger partial charge in [-0.25, -0.2) is 4.98 Å². The van der Waals surface area contributed by atoms with Crippen molar-refractivity contribution in [2.24, 2.45) is 0 Å². The van der Waals surface area contributed by atoms with E-state index in [1.807, 2.05) is 24.4 Å². The maximum absolute atomic E-state index is 5.90. The molecule has 3 rings (SSSR count). The number of anilines is 1. The molecule has 3 aromatic rings. The highest BCUT2D eigenvalue weighted by molar-refractivity contribution is 9.10. The van der Waals surface area contributed by atoms with Crippen LogP contribution < -0.4 is 5.73 Å². The van der Waals surface area contributed by atoms with E-state index in [1.54, 1.807) is 11.3 Å². The van der Waals surface area contributed by atoms with Crippen LogP contribution in [0.5, 0.6) is 0 Å². The number of halogens is 1. The third kappa shape index (κ3) is 1.75. The van der Waals surface area contributed by atoms with Gasteiger partial charge in [0.15, 0.2) is 5.58 Å². The second-order valence-electron chi connectivity index (χ2n) is 3.83. The monoisotopic (exact) mass is 308 g/mol. The number of nitrogens with zero attached hydrogens (tertiary/aromatic N) is 1. The Bertz CT molecular complexity index is 702. The molecule has 2 N–H and O–H groups in total. The second-order valence-corrected chi connectivity index (χ2v) is 5.49. The first-order chi connectivity index (χ1) is 8.15. The van der Waals surface area contributed by atoms with E-state index in [0.29, 0.717) is 17.2 Å². The number of thiophene rings is 1. The number of aromatic nitrogens is 1. The van der Waals surface area contributed by atoms with E-state index in [2.05, 4.69) is 26.3 Å². The van der Waals surface area contributed by atoms with Gasteiger partial charge in [-0.15, -0.1) is 0 Å².